The molecule has 0 fully saturated rings. The molecule has 0 amide bonds. The summed E-state index contributed by atoms with van der Waals surface area (Å²) < 4.78 is 5.00. The number of aliphatic hydroxyl groups excluding tert-OH is 1. The Kier molecular flexibility index (Phi) is 3.22. The Hall–Kier alpha value is -1.13. The van der Waals surface area contributed by atoms with Gasteiger partial charge in [-0.25, -0.2) is 4.98 Å². The van der Waals surface area contributed by atoms with E-state index >= 15 is 0 Å². The molecule has 72 valence electrons. The van der Waals surface area contributed by atoms with E-state index in [1.54, 1.807) is 13.3 Å². The molecule has 0 saturated heterocycles. The number of methoxy groups -OCH3 is 1. The molecule has 0 aliphatic rings. The van der Waals surface area contributed by atoms with E-state index in [-0.39, 0.29) is 12.6 Å². The average molecular weight is 182 g/mol. The number of nitrogens with two attached hydrogens (primary N) is 1. The molecule has 13 heavy (non-hydrogen) atoms. The Bertz CT molecular complexity index is 289. The van der Waals surface area contributed by atoms with E-state index in [0.29, 0.717) is 5.88 Å². The zero-order valence-corrected chi connectivity index (χ0v) is 7.82. The fraction of sp³-hybridized carbons (Fsp3) is 0.444. The smallest absolute Gasteiger partial charge is 0.215 e. The molecule has 4 heteroatoms. The maximum Gasteiger partial charge on any atom is 0.215 e. The summed E-state index contributed by atoms with van der Waals surface area (Å²) in [5.41, 5.74) is 7.36. The Morgan fingerprint density at radius 1 is 1.69 bits per heavy atom. The van der Waals surface area contributed by atoms with E-state index in [1.165, 1.54) is 0 Å². The van der Waals surface area contributed by atoms with Gasteiger partial charge in [-0.1, -0.05) is 0 Å². The summed E-state index contributed by atoms with van der Waals surface area (Å²) in [6.45, 7) is 1.81. The molecule has 1 aromatic rings. The largest absolute Gasteiger partial charge is 0.481 e. The molecule has 1 atom stereocenters. The SMILES string of the molecule is COc1ncc(C(N)CO)cc1C. The Balaban J connectivity index is 2.95. The summed E-state index contributed by atoms with van der Waals surface area (Å²) >= 11 is 0. The van der Waals surface area contributed by atoms with Crippen LogP contribution >= 0.6 is 0 Å². The molecule has 1 rings (SSSR count). The second-order valence-corrected chi connectivity index (χ2v) is 2.88. The third-order valence-electron chi connectivity index (χ3n) is 1.87. The van der Waals surface area contributed by atoms with Crippen LogP contribution in [0.25, 0.3) is 0 Å². The number of hydrogen-bond acceptors (Lipinski definition) is 4. The molecule has 0 saturated carbocycles. The van der Waals surface area contributed by atoms with Crippen molar-refractivity contribution in [3.63, 3.8) is 0 Å². The van der Waals surface area contributed by atoms with Gasteiger partial charge in [0.25, 0.3) is 0 Å². The van der Waals surface area contributed by atoms with Crippen molar-refractivity contribution < 1.29 is 9.84 Å². The Labute approximate surface area is 77.4 Å². The van der Waals surface area contributed by atoms with Crippen LogP contribution in [0.1, 0.15) is 17.2 Å². The topological polar surface area (TPSA) is 68.4 Å². The van der Waals surface area contributed by atoms with Gasteiger partial charge >= 0.3 is 0 Å². The Morgan fingerprint density at radius 3 is 2.85 bits per heavy atom. The summed E-state index contributed by atoms with van der Waals surface area (Å²) in [6, 6.07) is 1.50. The molecule has 0 spiro atoms. The molecule has 0 radical (unpaired) electrons. The van der Waals surface area contributed by atoms with Crippen LogP contribution in [-0.4, -0.2) is 23.8 Å². The van der Waals surface area contributed by atoms with Crippen molar-refractivity contribution in [1.82, 2.24) is 4.98 Å². The quantitative estimate of drug-likeness (QED) is 0.709. The van der Waals surface area contributed by atoms with E-state index in [9.17, 15) is 0 Å². The van der Waals surface area contributed by atoms with Gasteiger partial charge in [0.1, 0.15) is 0 Å². The number of hydrogen-bond donors (Lipinski definition) is 2. The van der Waals surface area contributed by atoms with Gasteiger partial charge in [-0.05, 0) is 18.6 Å². The summed E-state index contributed by atoms with van der Waals surface area (Å²) in [5.74, 6) is 0.592. The monoisotopic (exact) mass is 182 g/mol. The van der Waals surface area contributed by atoms with E-state index in [1.807, 2.05) is 13.0 Å². The molecular weight excluding hydrogens is 168 g/mol. The van der Waals surface area contributed by atoms with Crippen LogP contribution in [0.15, 0.2) is 12.3 Å². The van der Waals surface area contributed by atoms with Crippen LogP contribution in [0.4, 0.5) is 0 Å². The zero-order chi connectivity index (χ0) is 9.84. The normalized spacial score (nSPS) is 12.6. The third kappa shape index (κ3) is 2.17. The van der Waals surface area contributed by atoms with E-state index in [2.05, 4.69) is 4.98 Å². The minimum Gasteiger partial charge on any atom is -0.481 e. The van der Waals surface area contributed by atoms with Gasteiger partial charge in [-0.2, -0.15) is 0 Å². The number of aliphatic hydroxyl groups is 1. The lowest BCUT2D eigenvalue weighted by molar-refractivity contribution is 0.267. The number of ether oxygens (including phenoxy) is 1. The van der Waals surface area contributed by atoms with Gasteiger partial charge in [0, 0.05) is 11.8 Å². The first-order chi connectivity index (χ1) is 6.19. The summed E-state index contributed by atoms with van der Waals surface area (Å²) in [7, 11) is 1.57. The van der Waals surface area contributed by atoms with Crippen LogP contribution in [-0.2, 0) is 0 Å². The number of aromatic nitrogens is 1. The van der Waals surface area contributed by atoms with Crippen molar-refractivity contribution in [3.8, 4) is 5.88 Å². The number of rotatable bonds is 3. The average Bonchev–Trinajstić information content (AvgIpc) is 2.16. The van der Waals surface area contributed by atoms with Gasteiger partial charge < -0.3 is 15.6 Å². The standard InChI is InChI=1S/C9H14N2O2/c1-6-3-7(8(10)5-12)4-11-9(6)13-2/h3-4,8,12H,5,10H2,1-2H3. The second-order valence-electron chi connectivity index (χ2n) is 2.88. The van der Waals surface area contributed by atoms with E-state index in [0.717, 1.165) is 11.1 Å². The van der Waals surface area contributed by atoms with Crippen molar-refractivity contribution in [2.24, 2.45) is 5.73 Å². The molecule has 0 bridgehead atoms. The van der Waals surface area contributed by atoms with Crippen LogP contribution in [0.2, 0.25) is 0 Å². The lowest BCUT2D eigenvalue weighted by Crippen LogP contribution is -2.15. The van der Waals surface area contributed by atoms with Gasteiger partial charge in [-0.15, -0.1) is 0 Å². The molecule has 0 aromatic carbocycles. The van der Waals surface area contributed by atoms with Crippen LogP contribution in [0.3, 0.4) is 0 Å². The number of aryl methyl sites for hydroxylation is 1. The lowest BCUT2D eigenvalue weighted by Gasteiger charge is -2.10. The van der Waals surface area contributed by atoms with Crippen LogP contribution < -0.4 is 10.5 Å². The molecule has 1 heterocycles. The molecule has 3 N–H and O–H groups in total. The predicted molar refractivity (Wildman–Crippen MR) is 49.5 cm³/mol. The van der Waals surface area contributed by atoms with Gasteiger partial charge in [-0.3, -0.25) is 0 Å². The van der Waals surface area contributed by atoms with Crippen molar-refractivity contribution >= 4 is 0 Å². The maximum absolute atomic E-state index is 8.82. The molecule has 0 aliphatic carbocycles. The molecule has 4 nitrogen and oxygen atoms in total. The third-order valence-corrected chi connectivity index (χ3v) is 1.87. The maximum atomic E-state index is 8.82. The summed E-state index contributed by atoms with van der Waals surface area (Å²) in [4.78, 5) is 4.05. The first-order valence-corrected chi connectivity index (χ1v) is 4.06. The van der Waals surface area contributed by atoms with Crippen molar-refractivity contribution in [2.75, 3.05) is 13.7 Å². The lowest BCUT2D eigenvalue weighted by atomic mass is 10.1. The fourth-order valence-electron chi connectivity index (χ4n) is 1.11. The molecule has 1 unspecified atom stereocenters. The van der Waals surface area contributed by atoms with Crippen molar-refractivity contribution in [1.29, 1.82) is 0 Å². The van der Waals surface area contributed by atoms with Gasteiger partial charge in [0.2, 0.25) is 5.88 Å². The summed E-state index contributed by atoms with van der Waals surface area (Å²) in [6.07, 6.45) is 1.62. The molecule has 0 aliphatic heterocycles. The highest BCUT2D eigenvalue weighted by molar-refractivity contribution is 5.29. The van der Waals surface area contributed by atoms with Crippen LogP contribution in [0, 0.1) is 6.92 Å². The zero-order valence-electron chi connectivity index (χ0n) is 7.82. The number of nitrogens with zero attached hydrogens (tertiary/aromatic N) is 1. The second kappa shape index (κ2) is 4.20. The fourth-order valence-corrected chi connectivity index (χ4v) is 1.11. The van der Waals surface area contributed by atoms with E-state index < -0.39 is 0 Å². The molecular formula is C9H14N2O2. The highest BCUT2D eigenvalue weighted by Gasteiger charge is 2.07. The minimum atomic E-state index is -0.364. The van der Waals surface area contributed by atoms with Crippen LogP contribution in [0.5, 0.6) is 5.88 Å². The summed E-state index contributed by atoms with van der Waals surface area (Å²) in [5, 5.41) is 8.82. The van der Waals surface area contributed by atoms with Gasteiger partial charge in [0.05, 0.1) is 19.8 Å². The predicted octanol–water partition coefficient (Wildman–Crippen LogP) is 0.391. The first-order valence-electron chi connectivity index (χ1n) is 4.06. The van der Waals surface area contributed by atoms with Crippen molar-refractivity contribution in [2.45, 2.75) is 13.0 Å². The Morgan fingerprint density at radius 2 is 2.38 bits per heavy atom. The van der Waals surface area contributed by atoms with Gasteiger partial charge in [0.15, 0.2) is 0 Å². The number of pyridine rings is 1. The highest BCUT2D eigenvalue weighted by Crippen LogP contribution is 2.17. The van der Waals surface area contributed by atoms with Crippen molar-refractivity contribution in [3.05, 3.63) is 23.4 Å². The van der Waals surface area contributed by atoms with E-state index in [4.69, 9.17) is 15.6 Å². The minimum absolute atomic E-state index is 0.0759. The molecule has 1 aromatic heterocycles. The highest BCUT2D eigenvalue weighted by atomic mass is 16.5. The first kappa shape index (κ1) is 9.95.